The van der Waals surface area contributed by atoms with Crippen LogP contribution in [-0.4, -0.2) is 37.4 Å². The molecule has 1 atom stereocenters. The highest BCUT2D eigenvalue weighted by atomic mass is 16.5. The summed E-state index contributed by atoms with van der Waals surface area (Å²) < 4.78 is 7.21. The van der Waals surface area contributed by atoms with Gasteiger partial charge in [-0.25, -0.2) is 9.67 Å². The zero-order chi connectivity index (χ0) is 14.8. The summed E-state index contributed by atoms with van der Waals surface area (Å²) >= 11 is 0. The van der Waals surface area contributed by atoms with Crippen LogP contribution in [0.5, 0.6) is 0 Å². The summed E-state index contributed by atoms with van der Waals surface area (Å²) in [6.07, 6.45) is 3.74. The van der Waals surface area contributed by atoms with E-state index in [0.717, 1.165) is 42.7 Å². The zero-order valence-corrected chi connectivity index (χ0v) is 13.0. The van der Waals surface area contributed by atoms with Crippen LogP contribution < -0.4 is 0 Å². The van der Waals surface area contributed by atoms with Crippen molar-refractivity contribution >= 4 is 0 Å². The number of rotatable bonds is 4. The maximum atomic E-state index is 5.18. The van der Waals surface area contributed by atoms with Crippen molar-refractivity contribution in [3.05, 3.63) is 29.2 Å². The third kappa shape index (κ3) is 3.32. The van der Waals surface area contributed by atoms with Gasteiger partial charge in [0.05, 0.1) is 12.2 Å². The first-order valence-electron chi connectivity index (χ1n) is 7.66. The van der Waals surface area contributed by atoms with Gasteiger partial charge in [-0.2, -0.15) is 5.10 Å². The molecule has 1 unspecified atom stereocenters. The maximum absolute atomic E-state index is 5.18. The van der Waals surface area contributed by atoms with Gasteiger partial charge in [-0.05, 0) is 40.2 Å². The van der Waals surface area contributed by atoms with Crippen molar-refractivity contribution in [3.63, 3.8) is 0 Å². The van der Waals surface area contributed by atoms with Crippen molar-refractivity contribution in [2.75, 3.05) is 6.54 Å². The Kier molecular flexibility index (Phi) is 4.05. The summed E-state index contributed by atoms with van der Waals surface area (Å²) in [5, 5.41) is 8.62. The van der Waals surface area contributed by atoms with Gasteiger partial charge in [-0.3, -0.25) is 4.90 Å². The molecule has 3 heterocycles. The van der Waals surface area contributed by atoms with Crippen molar-refractivity contribution in [3.8, 4) is 0 Å². The number of aryl methyl sites for hydroxylation is 3. The first-order valence-corrected chi connectivity index (χ1v) is 7.66. The molecule has 0 spiro atoms. The summed E-state index contributed by atoms with van der Waals surface area (Å²) in [4.78, 5) is 6.89. The summed E-state index contributed by atoms with van der Waals surface area (Å²) in [7, 11) is 0. The van der Waals surface area contributed by atoms with Gasteiger partial charge in [-0.1, -0.05) is 11.6 Å². The van der Waals surface area contributed by atoms with Crippen LogP contribution in [0.15, 0.2) is 10.6 Å². The average Bonchev–Trinajstić information content (AvgIpc) is 2.98. The van der Waals surface area contributed by atoms with Crippen molar-refractivity contribution in [1.29, 1.82) is 0 Å². The van der Waals surface area contributed by atoms with Crippen molar-refractivity contribution in [1.82, 2.24) is 24.8 Å². The second-order valence-electron chi connectivity index (χ2n) is 5.94. The number of hydrogen-bond donors (Lipinski definition) is 0. The number of nitrogens with zero attached hydrogens (tertiary/aromatic N) is 5. The Bertz CT molecular complexity index is 603. The van der Waals surface area contributed by atoms with E-state index in [1.165, 1.54) is 19.3 Å². The number of aromatic nitrogens is 4. The van der Waals surface area contributed by atoms with Gasteiger partial charge in [0.15, 0.2) is 0 Å². The molecule has 0 amide bonds. The highest BCUT2D eigenvalue weighted by Crippen LogP contribution is 2.21. The topological polar surface area (TPSA) is 60.0 Å². The van der Waals surface area contributed by atoms with E-state index in [9.17, 15) is 0 Å². The lowest BCUT2D eigenvalue weighted by molar-refractivity contribution is 0.118. The molecular weight excluding hydrogens is 266 g/mol. The number of piperidine rings is 1. The minimum absolute atomic E-state index is 0.496. The zero-order valence-electron chi connectivity index (χ0n) is 13.0. The Labute approximate surface area is 125 Å². The Morgan fingerprint density at radius 2 is 2.14 bits per heavy atom. The molecule has 0 radical (unpaired) electrons. The molecule has 21 heavy (non-hydrogen) atoms. The quantitative estimate of drug-likeness (QED) is 0.864. The highest BCUT2D eigenvalue weighted by molar-refractivity contribution is 5.04. The minimum atomic E-state index is 0.496. The number of hydrogen-bond acceptors (Lipinski definition) is 5. The second-order valence-corrected chi connectivity index (χ2v) is 5.94. The minimum Gasteiger partial charge on any atom is -0.361 e. The Hall–Kier alpha value is -1.69. The molecule has 0 N–H and O–H groups in total. The average molecular weight is 289 g/mol. The van der Waals surface area contributed by atoms with Gasteiger partial charge in [0.1, 0.15) is 17.4 Å². The third-order valence-electron chi connectivity index (χ3n) is 4.14. The lowest BCUT2D eigenvalue weighted by Crippen LogP contribution is -2.42. The molecule has 1 fully saturated rings. The SMILES string of the molecule is Cc1nc(C)n(CC2CCCCN2Cc2cc(C)on2)n1. The molecule has 1 aliphatic rings. The Balaban J connectivity index is 1.70. The van der Waals surface area contributed by atoms with Gasteiger partial charge < -0.3 is 4.52 Å². The first kappa shape index (κ1) is 14.3. The van der Waals surface area contributed by atoms with Crippen molar-refractivity contribution in [2.24, 2.45) is 0 Å². The highest BCUT2D eigenvalue weighted by Gasteiger charge is 2.24. The monoisotopic (exact) mass is 289 g/mol. The molecule has 1 aliphatic heterocycles. The van der Waals surface area contributed by atoms with Gasteiger partial charge in [0.25, 0.3) is 0 Å². The van der Waals surface area contributed by atoms with Crippen LogP contribution in [0.3, 0.4) is 0 Å². The molecule has 6 heteroatoms. The first-order chi connectivity index (χ1) is 10.1. The van der Waals surface area contributed by atoms with Crippen LogP contribution in [0.4, 0.5) is 0 Å². The predicted molar refractivity (Wildman–Crippen MR) is 78.8 cm³/mol. The summed E-state index contributed by atoms with van der Waals surface area (Å²) in [6, 6.07) is 2.52. The predicted octanol–water partition coefficient (Wildman–Crippen LogP) is 2.25. The fourth-order valence-corrected chi connectivity index (χ4v) is 3.11. The van der Waals surface area contributed by atoms with Crippen LogP contribution in [0.2, 0.25) is 0 Å². The van der Waals surface area contributed by atoms with Crippen molar-refractivity contribution in [2.45, 2.75) is 59.2 Å². The lowest BCUT2D eigenvalue weighted by atomic mass is 10.0. The van der Waals surface area contributed by atoms with Crippen LogP contribution in [0.1, 0.15) is 42.4 Å². The molecule has 2 aromatic rings. The molecule has 0 aromatic carbocycles. The van der Waals surface area contributed by atoms with E-state index in [1.54, 1.807) is 0 Å². The molecular formula is C15H23N5O. The molecule has 1 saturated heterocycles. The van der Waals surface area contributed by atoms with Crippen LogP contribution >= 0.6 is 0 Å². The normalized spacial score (nSPS) is 20.0. The number of likely N-dealkylation sites (tertiary alicyclic amines) is 1. The van der Waals surface area contributed by atoms with Gasteiger partial charge in [-0.15, -0.1) is 0 Å². The van der Waals surface area contributed by atoms with Gasteiger partial charge in [0, 0.05) is 18.7 Å². The largest absolute Gasteiger partial charge is 0.361 e. The van der Waals surface area contributed by atoms with Gasteiger partial charge in [0.2, 0.25) is 0 Å². The van der Waals surface area contributed by atoms with E-state index in [0.29, 0.717) is 6.04 Å². The molecule has 6 nitrogen and oxygen atoms in total. The van der Waals surface area contributed by atoms with E-state index in [2.05, 4.69) is 20.1 Å². The van der Waals surface area contributed by atoms with E-state index >= 15 is 0 Å². The van der Waals surface area contributed by atoms with Crippen molar-refractivity contribution < 1.29 is 4.52 Å². The Morgan fingerprint density at radius 1 is 1.29 bits per heavy atom. The lowest BCUT2D eigenvalue weighted by Gasteiger charge is -2.35. The smallest absolute Gasteiger partial charge is 0.147 e. The molecule has 0 saturated carbocycles. The Morgan fingerprint density at radius 3 is 2.81 bits per heavy atom. The van der Waals surface area contributed by atoms with Crippen LogP contribution in [0.25, 0.3) is 0 Å². The van der Waals surface area contributed by atoms with E-state index in [4.69, 9.17) is 4.52 Å². The summed E-state index contributed by atoms with van der Waals surface area (Å²) in [5.41, 5.74) is 1.02. The third-order valence-corrected chi connectivity index (χ3v) is 4.14. The molecule has 0 aliphatic carbocycles. The second kappa shape index (κ2) is 5.97. The summed E-state index contributed by atoms with van der Waals surface area (Å²) in [5.74, 6) is 2.72. The van der Waals surface area contributed by atoms with E-state index < -0.39 is 0 Å². The summed E-state index contributed by atoms with van der Waals surface area (Å²) in [6.45, 7) is 8.78. The van der Waals surface area contributed by atoms with E-state index in [-0.39, 0.29) is 0 Å². The van der Waals surface area contributed by atoms with Crippen LogP contribution in [0, 0.1) is 20.8 Å². The van der Waals surface area contributed by atoms with Crippen LogP contribution in [-0.2, 0) is 13.1 Å². The molecule has 114 valence electrons. The fourth-order valence-electron chi connectivity index (χ4n) is 3.11. The molecule has 0 bridgehead atoms. The fraction of sp³-hybridized carbons (Fsp3) is 0.667. The standard InChI is InChI=1S/C15H23N5O/c1-11-8-14(18-21-11)9-19-7-5-4-6-15(19)10-20-13(3)16-12(2)17-20/h8,15H,4-7,9-10H2,1-3H3. The molecule has 2 aromatic heterocycles. The van der Waals surface area contributed by atoms with Gasteiger partial charge >= 0.3 is 0 Å². The maximum Gasteiger partial charge on any atom is 0.147 e. The molecule has 3 rings (SSSR count). The van der Waals surface area contributed by atoms with E-state index in [1.807, 2.05) is 31.5 Å².